The number of benzene rings is 1. The van der Waals surface area contributed by atoms with E-state index in [9.17, 15) is 9.90 Å². The molecule has 2 N–H and O–H groups in total. The molecule has 2 rings (SSSR count). The lowest BCUT2D eigenvalue weighted by Gasteiger charge is -2.41. The molecule has 0 aromatic heterocycles. The number of nitrogens with one attached hydrogen (secondary N) is 1. The number of anilines is 1. The van der Waals surface area contributed by atoms with E-state index in [0.29, 0.717) is 6.42 Å². The number of halogens is 1. The van der Waals surface area contributed by atoms with Crippen molar-refractivity contribution in [1.29, 1.82) is 0 Å². The Morgan fingerprint density at radius 2 is 2.11 bits per heavy atom. The van der Waals surface area contributed by atoms with Crippen LogP contribution in [0.15, 0.2) is 28.7 Å². The largest absolute Gasteiger partial charge is 0.479 e. The number of aliphatic carboxylic acids is 1. The summed E-state index contributed by atoms with van der Waals surface area (Å²) in [5.41, 5.74) is 0.0758. The zero-order valence-electron chi connectivity index (χ0n) is 11.2. The van der Waals surface area contributed by atoms with E-state index in [2.05, 4.69) is 28.2 Å². The van der Waals surface area contributed by atoms with Crippen LogP contribution in [0.4, 0.5) is 5.69 Å². The fraction of sp³-hybridized carbons (Fsp3) is 0.533. The maximum absolute atomic E-state index is 11.8. The van der Waals surface area contributed by atoms with E-state index >= 15 is 0 Å². The topological polar surface area (TPSA) is 49.3 Å². The van der Waals surface area contributed by atoms with Crippen molar-refractivity contribution >= 4 is 27.6 Å². The van der Waals surface area contributed by atoms with Gasteiger partial charge in [-0.2, -0.15) is 0 Å². The molecule has 4 heteroatoms. The molecule has 3 nitrogen and oxygen atoms in total. The Kier molecular flexibility index (Phi) is 4.50. The van der Waals surface area contributed by atoms with E-state index in [1.54, 1.807) is 0 Å². The number of carboxylic acid groups (broad SMARTS) is 1. The van der Waals surface area contributed by atoms with Crippen LogP contribution in [0.3, 0.4) is 0 Å². The smallest absolute Gasteiger partial charge is 0.329 e. The highest BCUT2D eigenvalue weighted by Gasteiger charge is 2.46. The zero-order valence-corrected chi connectivity index (χ0v) is 12.7. The third-order valence-electron chi connectivity index (χ3n) is 4.16. The van der Waals surface area contributed by atoms with Crippen LogP contribution in [-0.4, -0.2) is 16.6 Å². The quantitative estimate of drug-likeness (QED) is 0.868. The van der Waals surface area contributed by atoms with Gasteiger partial charge in [0, 0.05) is 10.2 Å². The van der Waals surface area contributed by atoms with Gasteiger partial charge in [0.1, 0.15) is 5.54 Å². The number of carboxylic acids is 1. The first kappa shape index (κ1) is 14.4. The minimum Gasteiger partial charge on any atom is -0.479 e. The van der Waals surface area contributed by atoms with Crippen LogP contribution in [0.5, 0.6) is 0 Å². The molecule has 0 radical (unpaired) electrons. The molecule has 1 aliphatic carbocycles. The molecule has 0 bridgehead atoms. The summed E-state index contributed by atoms with van der Waals surface area (Å²) in [5.74, 6) is -0.524. The van der Waals surface area contributed by atoms with E-state index in [0.717, 1.165) is 35.8 Å². The number of hydrogen-bond acceptors (Lipinski definition) is 2. The van der Waals surface area contributed by atoms with Gasteiger partial charge in [-0.3, -0.25) is 0 Å². The van der Waals surface area contributed by atoms with Crippen LogP contribution in [0.2, 0.25) is 0 Å². The van der Waals surface area contributed by atoms with Crippen molar-refractivity contribution < 1.29 is 9.90 Å². The average Bonchev–Trinajstić information content (AvgIpc) is 2.41. The standard InChI is InChI=1S/C15H20BrNO2/c1-2-11-5-3-4-10-15(11,14(18)19)17-13-8-6-12(16)7-9-13/h6-9,11,17H,2-5,10H2,1H3,(H,18,19). The van der Waals surface area contributed by atoms with Crippen molar-refractivity contribution in [2.45, 2.75) is 44.6 Å². The Morgan fingerprint density at radius 3 is 2.68 bits per heavy atom. The molecule has 2 atom stereocenters. The van der Waals surface area contributed by atoms with Crippen LogP contribution in [0.1, 0.15) is 39.0 Å². The maximum atomic E-state index is 11.8. The van der Waals surface area contributed by atoms with Gasteiger partial charge in [-0.15, -0.1) is 0 Å². The highest BCUT2D eigenvalue weighted by atomic mass is 79.9. The molecule has 0 saturated heterocycles. The molecule has 104 valence electrons. The first-order valence-electron chi connectivity index (χ1n) is 6.85. The molecule has 19 heavy (non-hydrogen) atoms. The fourth-order valence-electron chi connectivity index (χ4n) is 3.09. The van der Waals surface area contributed by atoms with Gasteiger partial charge < -0.3 is 10.4 Å². The molecule has 2 unspecified atom stereocenters. The van der Waals surface area contributed by atoms with E-state index < -0.39 is 11.5 Å². The lowest BCUT2D eigenvalue weighted by Crippen LogP contribution is -2.54. The normalized spacial score (nSPS) is 26.9. The Labute approximate surface area is 122 Å². The minimum absolute atomic E-state index is 0.197. The molecule has 0 heterocycles. The first-order valence-corrected chi connectivity index (χ1v) is 7.65. The van der Waals surface area contributed by atoms with Crippen molar-refractivity contribution in [2.24, 2.45) is 5.92 Å². The monoisotopic (exact) mass is 325 g/mol. The molecule has 1 aromatic rings. The molecular formula is C15H20BrNO2. The van der Waals surface area contributed by atoms with Crippen molar-refractivity contribution in [3.05, 3.63) is 28.7 Å². The average molecular weight is 326 g/mol. The van der Waals surface area contributed by atoms with Crippen LogP contribution in [-0.2, 0) is 4.79 Å². The van der Waals surface area contributed by atoms with Crippen molar-refractivity contribution in [3.8, 4) is 0 Å². The van der Waals surface area contributed by atoms with E-state index in [1.807, 2.05) is 24.3 Å². The minimum atomic E-state index is -0.805. The van der Waals surface area contributed by atoms with E-state index in [-0.39, 0.29) is 5.92 Å². The first-order chi connectivity index (χ1) is 9.08. The summed E-state index contributed by atoms with van der Waals surface area (Å²) >= 11 is 3.39. The molecule has 1 fully saturated rings. The summed E-state index contributed by atoms with van der Waals surface area (Å²) in [6, 6.07) is 7.72. The lowest BCUT2D eigenvalue weighted by atomic mass is 9.71. The third-order valence-corrected chi connectivity index (χ3v) is 4.69. The second-order valence-corrected chi connectivity index (χ2v) is 6.18. The second-order valence-electron chi connectivity index (χ2n) is 5.26. The summed E-state index contributed by atoms with van der Waals surface area (Å²) in [4.78, 5) is 11.8. The Bertz CT molecular complexity index is 446. The molecule has 1 aromatic carbocycles. The van der Waals surface area contributed by atoms with Gasteiger partial charge in [-0.1, -0.05) is 42.1 Å². The second kappa shape index (κ2) is 5.95. The fourth-order valence-corrected chi connectivity index (χ4v) is 3.35. The van der Waals surface area contributed by atoms with Gasteiger partial charge in [-0.25, -0.2) is 4.79 Å². The van der Waals surface area contributed by atoms with Crippen LogP contribution < -0.4 is 5.32 Å². The lowest BCUT2D eigenvalue weighted by molar-refractivity contribution is -0.145. The van der Waals surface area contributed by atoms with Crippen molar-refractivity contribution in [2.75, 3.05) is 5.32 Å². The molecular weight excluding hydrogens is 306 g/mol. The molecule has 0 aliphatic heterocycles. The summed E-state index contributed by atoms with van der Waals surface area (Å²) in [5, 5.41) is 13.0. The number of rotatable bonds is 4. The molecule has 0 spiro atoms. The highest BCUT2D eigenvalue weighted by molar-refractivity contribution is 9.10. The predicted octanol–water partition coefficient (Wildman–Crippen LogP) is 4.28. The van der Waals surface area contributed by atoms with Gasteiger partial charge in [0.15, 0.2) is 0 Å². The zero-order chi connectivity index (χ0) is 13.9. The van der Waals surface area contributed by atoms with Crippen LogP contribution >= 0.6 is 15.9 Å². The van der Waals surface area contributed by atoms with Gasteiger partial charge in [0.2, 0.25) is 0 Å². The third kappa shape index (κ3) is 2.94. The van der Waals surface area contributed by atoms with Gasteiger partial charge in [-0.05, 0) is 43.0 Å². The summed E-state index contributed by atoms with van der Waals surface area (Å²) < 4.78 is 0.998. The van der Waals surface area contributed by atoms with Crippen LogP contribution in [0, 0.1) is 5.92 Å². The van der Waals surface area contributed by atoms with Crippen LogP contribution in [0.25, 0.3) is 0 Å². The number of carbonyl (C=O) groups is 1. The maximum Gasteiger partial charge on any atom is 0.329 e. The van der Waals surface area contributed by atoms with E-state index in [4.69, 9.17) is 0 Å². The number of hydrogen-bond donors (Lipinski definition) is 2. The summed E-state index contributed by atoms with van der Waals surface area (Å²) in [6.45, 7) is 2.08. The summed E-state index contributed by atoms with van der Waals surface area (Å²) in [6.07, 6.45) is 4.71. The van der Waals surface area contributed by atoms with E-state index in [1.165, 1.54) is 0 Å². The Hall–Kier alpha value is -1.03. The van der Waals surface area contributed by atoms with Gasteiger partial charge in [0.25, 0.3) is 0 Å². The van der Waals surface area contributed by atoms with Crippen molar-refractivity contribution in [3.63, 3.8) is 0 Å². The molecule has 1 aliphatic rings. The molecule has 0 amide bonds. The molecule has 1 saturated carbocycles. The van der Waals surface area contributed by atoms with Gasteiger partial charge >= 0.3 is 5.97 Å². The predicted molar refractivity (Wildman–Crippen MR) is 80.4 cm³/mol. The van der Waals surface area contributed by atoms with Gasteiger partial charge in [0.05, 0.1) is 0 Å². The summed E-state index contributed by atoms with van der Waals surface area (Å²) in [7, 11) is 0. The Morgan fingerprint density at radius 1 is 1.42 bits per heavy atom. The Balaban J connectivity index is 2.28. The van der Waals surface area contributed by atoms with Crippen molar-refractivity contribution in [1.82, 2.24) is 0 Å². The highest BCUT2D eigenvalue weighted by Crippen LogP contribution is 2.39. The SMILES string of the molecule is CCC1CCCCC1(Nc1ccc(Br)cc1)C(=O)O.